The third kappa shape index (κ3) is 2.25. The molecule has 0 amide bonds. The Labute approximate surface area is 96.6 Å². The maximum atomic E-state index is 7.19. The first-order valence-electron chi connectivity index (χ1n) is 3.99. The Balaban J connectivity index is 3.26. The lowest BCUT2D eigenvalue weighted by Crippen LogP contribution is -1.95. The number of nitrogens with one attached hydrogen (secondary N) is 1. The second-order valence-corrected chi connectivity index (χ2v) is 3.86. The minimum absolute atomic E-state index is 0.651. The van der Waals surface area contributed by atoms with E-state index >= 15 is 0 Å². The molecule has 1 rings (SSSR count). The molecule has 0 aliphatic heterocycles. The molecule has 1 aromatic rings. The van der Waals surface area contributed by atoms with Gasteiger partial charge in [0, 0.05) is 27.1 Å². The Morgan fingerprint density at radius 2 is 2.29 bits per heavy atom. The van der Waals surface area contributed by atoms with Crippen molar-refractivity contribution in [1.82, 2.24) is 0 Å². The molecule has 0 saturated carbocycles. The highest BCUT2D eigenvalue weighted by Gasteiger charge is 2.06. The highest BCUT2D eigenvalue weighted by atomic mass is 127. The van der Waals surface area contributed by atoms with Crippen molar-refractivity contribution in [1.29, 1.82) is 5.41 Å². The fourth-order valence-corrected chi connectivity index (χ4v) is 1.58. The summed E-state index contributed by atoms with van der Waals surface area (Å²) >= 11 is 2.21. The summed E-state index contributed by atoms with van der Waals surface area (Å²) in [6.07, 6.45) is 2.61. The molecule has 0 radical (unpaired) electrons. The van der Waals surface area contributed by atoms with E-state index in [-0.39, 0.29) is 0 Å². The highest BCUT2D eigenvalue weighted by molar-refractivity contribution is 14.1. The van der Waals surface area contributed by atoms with Crippen LogP contribution in [0.3, 0.4) is 0 Å². The topological polar surface area (TPSA) is 59.1 Å². The van der Waals surface area contributed by atoms with Gasteiger partial charge in [0.1, 0.15) is 5.75 Å². The van der Waals surface area contributed by atoms with Crippen LogP contribution in [-0.2, 0) is 0 Å². The van der Waals surface area contributed by atoms with Crippen LogP contribution in [0.4, 0.5) is 0 Å². The van der Waals surface area contributed by atoms with Crippen molar-refractivity contribution in [3.8, 4) is 5.75 Å². The SMILES string of the molecule is COc1cc(I)ccc1/C(C=N)=C/N. The minimum Gasteiger partial charge on any atom is -0.496 e. The van der Waals surface area contributed by atoms with Crippen LogP contribution in [0.1, 0.15) is 5.56 Å². The maximum absolute atomic E-state index is 7.19. The monoisotopic (exact) mass is 302 g/mol. The largest absolute Gasteiger partial charge is 0.496 e. The molecule has 4 heteroatoms. The molecule has 14 heavy (non-hydrogen) atoms. The van der Waals surface area contributed by atoms with Crippen LogP contribution in [0.5, 0.6) is 5.75 Å². The zero-order valence-electron chi connectivity index (χ0n) is 7.75. The van der Waals surface area contributed by atoms with Crippen molar-refractivity contribution < 1.29 is 4.74 Å². The van der Waals surface area contributed by atoms with Gasteiger partial charge in [0.2, 0.25) is 0 Å². The van der Waals surface area contributed by atoms with Crippen LogP contribution in [0.15, 0.2) is 24.4 Å². The van der Waals surface area contributed by atoms with E-state index in [1.54, 1.807) is 7.11 Å². The van der Waals surface area contributed by atoms with Gasteiger partial charge in [-0.05, 0) is 40.8 Å². The number of benzene rings is 1. The molecule has 74 valence electrons. The summed E-state index contributed by atoms with van der Waals surface area (Å²) in [5.41, 5.74) is 6.90. The molecule has 0 aromatic heterocycles. The molecule has 0 saturated heterocycles. The van der Waals surface area contributed by atoms with Gasteiger partial charge in [-0.3, -0.25) is 0 Å². The first-order valence-corrected chi connectivity index (χ1v) is 5.07. The summed E-state index contributed by atoms with van der Waals surface area (Å²) in [5.74, 6) is 0.733. The zero-order chi connectivity index (χ0) is 10.6. The van der Waals surface area contributed by atoms with Crippen LogP contribution < -0.4 is 10.5 Å². The van der Waals surface area contributed by atoms with Crippen molar-refractivity contribution in [3.05, 3.63) is 33.5 Å². The lowest BCUT2D eigenvalue weighted by atomic mass is 10.1. The van der Waals surface area contributed by atoms with Gasteiger partial charge < -0.3 is 15.9 Å². The maximum Gasteiger partial charge on any atom is 0.127 e. The Hall–Kier alpha value is -1.04. The second-order valence-electron chi connectivity index (χ2n) is 2.61. The number of methoxy groups -OCH3 is 1. The molecule has 1 aromatic carbocycles. The summed E-state index contributed by atoms with van der Waals surface area (Å²) < 4.78 is 6.29. The average Bonchev–Trinajstić information content (AvgIpc) is 2.21. The van der Waals surface area contributed by atoms with E-state index in [4.69, 9.17) is 15.9 Å². The lowest BCUT2D eigenvalue weighted by Gasteiger charge is -2.08. The van der Waals surface area contributed by atoms with Crippen LogP contribution in [0.2, 0.25) is 0 Å². The lowest BCUT2D eigenvalue weighted by molar-refractivity contribution is 0.413. The van der Waals surface area contributed by atoms with Gasteiger partial charge in [0.15, 0.2) is 0 Å². The summed E-state index contributed by atoms with van der Waals surface area (Å²) in [4.78, 5) is 0. The first kappa shape index (κ1) is 11.0. The Kier molecular flexibility index (Phi) is 3.94. The van der Waals surface area contributed by atoms with E-state index in [2.05, 4.69) is 22.6 Å². The summed E-state index contributed by atoms with van der Waals surface area (Å²) in [6.45, 7) is 0. The number of rotatable bonds is 3. The molecule has 0 spiro atoms. The number of halogens is 1. The molecule has 0 fully saturated rings. The van der Waals surface area contributed by atoms with Crippen LogP contribution in [-0.4, -0.2) is 13.3 Å². The predicted molar refractivity (Wildman–Crippen MR) is 66.7 cm³/mol. The van der Waals surface area contributed by atoms with Crippen molar-refractivity contribution >= 4 is 34.4 Å². The van der Waals surface area contributed by atoms with Crippen molar-refractivity contribution in [2.75, 3.05) is 7.11 Å². The van der Waals surface area contributed by atoms with Gasteiger partial charge in [0.25, 0.3) is 0 Å². The molecule has 3 nitrogen and oxygen atoms in total. The molecule has 0 bridgehead atoms. The first-order chi connectivity index (χ1) is 6.72. The zero-order valence-corrected chi connectivity index (χ0v) is 9.91. The fraction of sp³-hybridized carbons (Fsp3) is 0.100. The number of allylic oxidation sites excluding steroid dienone is 1. The third-order valence-corrected chi connectivity index (χ3v) is 2.48. The van der Waals surface area contributed by atoms with Crippen molar-refractivity contribution in [3.63, 3.8) is 0 Å². The highest BCUT2D eigenvalue weighted by Crippen LogP contribution is 2.26. The third-order valence-electron chi connectivity index (χ3n) is 1.81. The van der Waals surface area contributed by atoms with E-state index < -0.39 is 0 Å². The standard InChI is InChI=1S/C10H11IN2O/c1-14-10-4-8(11)2-3-9(10)7(5-12)6-13/h2-6,12H,13H2,1H3/b7-6+,12-5?. The number of ether oxygens (including phenoxy) is 1. The summed E-state index contributed by atoms with van der Waals surface area (Å²) in [7, 11) is 1.60. The van der Waals surface area contributed by atoms with Gasteiger partial charge in [-0.15, -0.1) is 0 Å². The van der Waals surface area contributed by atoms with Gasteiger partial charge in [-0.1, -0.05) is 0 Å². The fourth-order valence-electron chi connectivity index (χ4n) is 1.12. The van der Waals surface area contributed by atoms with Gasteiger partial charge in [-0.25, -0.2) is 0 Å². The molecular weight excluding hydrogens is 291 g/mol. The van der Waals surface area contributed by atoms with E-state index in [1.165, 1.54) is 12.4 Å². The quantitative estimate of drug-likeness (QED) is 0.664. The number of nitrogens with two attached hydrogens (primary N) is 1. The van der Waals surface area contributed by atoms with E-state index in [9.17, 15) is 0 Å². The van der Waals surface area contributed by atoms with E-state index in [1.807, 2.05) is 18.2 Å². The van der Waals surface area contributed by atoms with Crippen LogP contribution in [0.25, 0.3) is 5.57 Å². The predicted octanol–water partition coefficient (Wildman–Crippen LogP) is 2.25. The molecule has 0 unspecified atom stereocenters. The smallest absolute Gasteiger partial charge is 0.127 e. The van der Waals surface area contributed by atoms with Crippen LogP contribution in [0, 0.1) is 8.98 Å². The second kappa shape index (κ2) is 4.99. The minimum atomic E-state index is 0.651. The van der Waals surface area contributed by atoms with Gasteiger partial charge in [0.05, 0.1) is 7.11 Å². The van der Waals surface area contributed by atoms with Crippen molar-refractivity contribution in [2.45, 2.75) is 0 Å². The Morgan fingerprint density at radius 1 is 1.57 bits per heavy atom. The van der Waals surface area contributed by atoms with Crippen LogP contribution >= 0.6 is 22.6 Å². The summed E-state index contributed by atoms with van der Waals surface area (Å²) in [5, 5.41) is 7.19. The number of hydrogen-bond donors (Lipinski definition) is 2. The molecule has 0 atom stereocenters. The van der Waals surface area contributed by atoms with Gasteiger partial charge >= 0.3 is 0 Å². The van der Waals surface area contributed by atoms with Gasteiger partial charge in [-0.2, -0.15) is 0 Å². The molecule has 0 aliphatic rings. The molecule has 0 aliphatic carbocycles. The molecule has 0 heterocycles. The Bertz CT molecular complexity index is 374. The number of hydrogen-bond acceptors (Lipinski definition) is 3. The van der Waals surface area contributed by atoms with E-state index in [0.29, 0.717) is 5.57 Å². The van der Waals surface area contributed by atoms with E-state index in [0.717, 1.165) is 14.9 Å². The summed E-state index contributed by atoms with van der Waals surface area (Å²) in [6, 6.07) is 5.75. The Morgan fingerprint density at radius 3 is 2.79 bits per heavy atom. The average molecular weight is 302 g/mol. The molecule has 3 N–H and O–H groups in total. The molecular formula is C10H11IN2O. The normalized spacial score (nSPS) is 11.1. The van der Waals surface area contributed by atoms with Crippen molar-refractivity contribution in [2.24, 2.45) is 5.73 Å².